The second kappa shape index (κ2) is 4.56. The van der Waals surface area contributed by atoms with Gasteiger partial charge < -0.3 is 5.11 Å². The lowest BCUT2D eigenvalue weighted by molar-refractivity contribution is -0.148. The summed E-state index contributed by atoms with van der Waals surface area (Å²) in [6, 6.07) is 7.00. The summed E-state index contributed by atoms with van der Waals surface area (Å²) in [4.78, 5) is 21.5. The highest BCUT2D eigenvalue weighted by molar-refractivity contribution is 6.33. The summed E-state index contributed by atoms with van der Waals surface area (Å²) in [5.41, 5.74) is 1.43. The van der Waals surface area contributed by atoms with E-state index in [1.54, 1.807) is 22.8 Å². The highest BCUT2D eigenvalue weighted by Crippen LogP contribution is 2.10. The summed E-state index contributed by atoms with van der Waals surface area (Å²) < 4.78 is 1.68. The predicted octanol–water partition coefficient (Wildman–Crippen LogP) is 0.464. The molecule has 0 aliphatic heterocycles. The van der Waals surface area contributed by atoms with Gasteiger partial charge in [0, 0.05) is 12.1 Å². The van der Waals surface area contributed by atoms with E-state index >= 15 is 0 Å². The van der Waals surface area contributed by atoms with Gasteiger partial charge in [-0.1, -0.05) is 12.1 Å². The molecule has 1 aromatic carbocycles. The van der Waals surface area contributed by atoms with Crippen molar-refractivity contribution in [1.29, 1.82) is 0 Å². The molecule has 1 aromatic heterocycles. The van der Waals surface area contributed by atoms with E-state index in [4.69, 9.17) is 5.11 Å². The summed E-state index contributed by atoms with van der Waals surface area (Å²) in [5.74, 6) is -2.24. The highest BCUT2D eigenvalue weighted by Gasteiger charge is 2.12. The van der Waals surface area contributed by atoms with Gasteiger partial charge in [-0.05, 0) is 17.7 Å². The van der Waals surface area contributed by atoms with Gasteiger partial charge in [0.25, 0.3) is 0 Å². The number of nitrogens with zero attached hydrogens (tertiary/aromatic N) is 3. The van der Waals surface area contributed by atoms with E-state index < -0.39 is 11.8 Å². The number of hydrogen-bond donors (Lipinski definition) is 1. The quantitative estimate of drug-likeness (QED) is 0.773. The van der Waals surface area contributed by atoms with Gasteiger partial charge in [0.1, 0.15) is 12.7 Å². The third-order valence-electron chi connectivity index (χ3n) is 2.23. The standard InChI is InChI=1S/C11H9N3O3/c15-10(11(16)17)5-8-2-1-3-9(4-8)14-6-12-13-7-14/h1-4,6-7H,5H2,(H,16,17). The topological polar surface area (TPSA) is 85.1 Å². The monoisotopic (exact) mass is 231 g/mol. The Kier molecular flexibility index (Phi) is 2.95. The van der Waals surface area contributed by atoms with Crippen LogP contribution in [0, 0.1) is 0 Å². The number of aromatic nitrogens is 3. The van der Waals surface area contributed by atoms with Crippen LogP contribution in [-0.2, 0) is 16.0 Å². The number of Topliss-reactive ketones (excluding diaryl/α,β-unsaturated/α-hetero) is 1. The normalized spacial score (nSPS) is 10.1. The Bertz CT molecular complexity index is 549. The van der Waals surface area contributed by atoms with Gasteiger partial charge >= 0.3 is 5.97 Å². The fourth-order valence-corrected chi connectivity index (χ4v) is 1.42. The molecule has 0 saturated heterocycles. The number of carbonyl (C=O) groups is 2. The van der Waals surface area contributed by atoms with Crippen molar-refractivity contribution in [3.63, 3.8) is 0 Å². The molecule has 1 N–H and O–H groups in total. The molecule has 0 aliphatic rings. The first kappa shape index (κ1) is 11.0. The molecule has 0 atom stereocenters. The predicted molar refractivity (Wildman–Crippen MR) is 57.7 cm³/mol. The maximum Gasteiger partial charge on any atom is 0.372 e. The number of rotatable bonds is 4. The fourth-order valence-electron chi connectivity index (χ4n) is 1.42. The molecule has 6 heteroatoms. The molecule has 0 spiro atoms. The number of ketones is 1. The first-order valence-corrected chi connectivity index (χ1v) is 4.87. The van der Waals surface area contributed by atoms with Gasteiger partial charge in [0.2, 0.25) is 5.78 Å². The van der Waals surface area contributed by atoms with E-state index in [1.807, 2.05) is 6.07 Å². The zero-order chi connectivity index (χ0) is 12.3. The summed E-state index contributed by atoms with van der Waals surface area (Å²) in [7, 11) is 0. The van der Waals surface area contributed by atoms with Crippen LogP contribution in [-0.4, -0.2) is 31.6 Å². The summed E-state index contributed by atoms with van der Waals surface area (Å²) in [5, 5.41) is 15.9. The van der Waals surface area contributed by atoms with Crippen molar-refractivity contribution in [3.8, 4) is 5.69 Å². The van der Waals surface area contributed by atoms with E-state index in [0.717, 1.165) is 5.69 Å². The zero-order valence-electron chi connectivity index (χ0n) is 8.78. The molecule has 0 amide bonds. The Hall–Kier alpha value is -2.50. The summed E-state index contributed by atoms with van der Waals surface area (Å²) in [6.45, 7) is 0. The number of aliphatic carboxylic acids is 1. The Morgan fingerprint density at radius 3 is 2.59 bits per heavy atom. The lowest BCUT2D eigenvalue weighted by atomic mass is 10.1. The van der Waals surface area contributed by atoms with Gasteiger partial charge in [-0.25, -0.2) is 4.79 Å². The van der Waals surface area contributed by atoms with Gasteiger partial charge in [-0.3, -0.25) is 9.36 Å². The minimum Gasteiger partial charge on any atom is -0.475 e. The lowest BCUT2D eigenvalue weighted by Crippen LogP contribution is -2.15. The van der Waals surface area contributed by atoms with E-state index in [2.05, 4.69) is 10.2 Å². The molecule has 0 unspecified atom stereocenters. The van der Waals surface area contributed by atoms with E-state index in [1.165, 1.54) is 12.7 Å². The average molecular weight is 231 g/mol. The Morgan fingerprint density at radius 1 is 1.24 bits per heavy atom. The number of carboxylic acid groups (broad SMARTS) is 1. The van der Waals surface area contributed by atoms with Gasteiger partial charge in [0.15, 0.2) is 0 Å². The van der Waals surface area contributed by atoms with Crippen molar-refractivity contribution in [2.75, 3.05) is 0 Å². The number of carboxylic acids is 1. The summed E-state index contributed by atoms with van der Waals surface area (Å²) >= 11 is 0. The SMILES string of the molecule is O=C(O)C(=O)Cc1cccc(-n2cnnc2)c1. The average Bonchev–Trinajstić information content (AvgIpc) is 2.82. The molecule has 0 saturated carbocycles. The lowest BCUT2D eigenvalue weighted by Gasteiger charge is -2.03. The second-order valence-electron chi connectivity index (χ2n) is 3.44. The third-order valence-corrected chi connectivity index (χ3v) is 2.23. The van der Waals surface area contributed by atoms with Crippen molar-refractivity contribution in [2.24, 2.45) is 0 Å². The second-order valence-corrected chi connectivity index (χ2v) is 3.44. The third kappa shape index (κ3) is 2.54. The van der Waals surface area contributed by atoms with E-state index in [0.29, 0.717) is 5.56 Å². The Morgan fingerprint density at radius 2 is 1.94 bits per heavy atom. The van der Waals surface area contributed by atoms with Crippen LogP contribution < -0.4 is 0 Å². The highest BCUT2D eigenvalue weighted by atomic mass is 16.4. The molecule has 6 nitrogen and oxygen atoms in total. The molecule has 2 aromatic rings. The minimum atomic E-state index is -1.42. The maximum absolute atomic E-state index is 11.1. The molecule has 0 aliphatic carbocycles. The van der Waals surface area contributed by atoms with E-state index in [9.17, 15) is 9.59 Å². The van der Waals surface area contributed by atoms with Crippen LogP contribution in [0.4, 0.5) is 0 Å². The molecule has 17 heavy (non-hydrogen) atoms. The van der Waals surface area contributed by atoms with Crippen molar-refractivity contribution in [1.82, 2.24) is 14.8 Å². The van der Waals surface area contributed by atoms with Gasteiger partial charge in [0.05, 0.1) is 0 Å². The number of benzene rings is 1. The first-order valence-electron chi connectivity index (χ1n) is 4.87. The first-order chi connectivity index (χ1) is 8.16. The van der Waals surface area contributed by atoms with E-state index in [-0.39, 0.29) is 6.42 Å². The number of hydrogen-bond acceptors (Lipinski definition) is 4. The van der Waals surface area contributed by atoms with Crippen LogP contribution >= 0.6 is 0 Å². The van der Waals surface area contributed by atoms with Gasteiger partial charge in [-0.15, -0.1) is 10.2 Å². The molecule has 2 rings (SSSR count). The molecular formula is C11H9N3O3. The van der Waals surface area contributed by atoms with Gasteiger partial charge in [-0.2, -0.15) is 0 Å². The summed E-state index contributed by atoms with van der Waals surface area (Å²) in [6.07, 6.45) is 2.93. The molecule has 0 radical (unpaired) electrons. The van der Waals surface area contributed by atoms with Crippen LogP contribution in [0.2, 0.25) is 0 Å². The zero-order valence-corrected chi connectivity index (χ0v) is 8.78. The van der Waals surface area contributed by atoms with Crippen LogP contribution in [0.1, 0.15) is 5.56 Å². The Balaban J connectivity index is 2.23. The van der Waals surface area contributed by atoms with Crippen molar-refractivity contribution >= 4 is 11.8 Å². The van der Waals surface area contributed by atoms with Crippen LogP contribution in [0.5, 0.6) is 0 Å². The molecule has 86 valence electrons. The van der Waals surface area contributed by atoms with Crippen molar-refractivity contribution in [3.05, 3.63) is 42.5 Å². The van der Waals surface area contributed by atoms with Crippen LogP contribution in [0.25, 0.3) is 5.69 Å². The molecular weight excluding hydrogens is 222 g/mol. The fraction of sp³-hybridized carbons (Fsp3) is 0.0909. The Labute approximate surface area is 96.5 Å². The molecule has 0 fully saturated rings. The number of carbonyl (C=O) groups excluding carboxylic acids is 1. The largest absolute Gasteiger partial charge is 0.475 e. The van der Waals surface area contributed by atoms with Crippen LogP contribution in [0.3, 0.4) is 0 Å². The van der Waals surface area contributed by atoms with Crippen molar-refractivity contribution < 1.29 is 14.7 Å². The maximum atomic E-state index is 11.1. The molecule has 1 heterocycles. The minimum absolute atomic E-state index is 0.120. The smallest absolute Gasteiger partial charge is 0.372 e. The van der Waals surface area contributed by atoms with Crippen molar-refractivity contribution in [2.45, 2.75) is 6.42 Å². The molecule has 0 bridgehead atoms. The van der Waals surface area contributed by atoms with Crippen LogP contribution in [0.15, 0.2) is 36.9 Å².